The molecule has 8 nitrogen and oxygen atoms in total. The van der Waals surface area contributed by atoms with Crippen molar-refractivity contribution in [3.8, 4) is 0 Å². The Kier molecular flexibility index (Phi) is 3.88. The molecule has 0 saturated carbocycles. The van der Waals surface area contributed by atoms with Gasteiger partial charge in [-0.25, -0.2) is 4.79 Å². The third-order valence-corrected chi connectivity index (χ3v) is 2.75. The highest BCUT2D eigenvalue weighted by Crippen LogP contribution is 2.15. The van der Waals surface area contributed by atoms with Crippen LogP contribution in [0.3, 0.4) is 0 Å². The van der Waals surface area contributed by atoms with E-state index in [1.807, 2.05) is 0 Å². The number of hydrogen-bond donors (Lipinski definition) is 2. The topological polar surface area (TPSA) is 110 Å². The number of hydrogen-bond acceptors (Lipinski definition) is 5. The van der Waals surface area contributed by atoms with Crippen LogP contribution >= 0.6 is 0 Å². The summed E-state index contributed by atoms with van der Waals surface area (Å²) in [6, 6.07) is 4.52. The number of rotatable bonds is 3. The molecule has 2 N–H and O–H groups in total. The number of Topliss-reactive ketones (excluding diaryl/α,β-unsaturated/α-hetero) is 1. The Morgan fingerprint density at radius 3 is 2.52 bits per heavy atom. The number of fused-ring (bicyclic) bond motifs is 1. The summed E-state index contributed by atoms with van der Waals surface area (Å²) < 4.78 is 6.11. The number of nitrogens with one attached hydrogen (secondary N) is 2. The number of benzene rings is 1. The zero-order chi connectivity index (χ0) is 15.6. The molecule has 2 amide bonds. The number of aromatic nitrogens is 1. The molecule has 1 aromatic heterocycles. The van der Waals surface area contributed by atoms with Gasteiger partial charge in [-0.2, -0.15) is 0 Å². The lowest BCUT2D eigenvalue weighted by Crippen LogP contribution is -2.42. The van der Waals surface area contributed by atoms with Crippen LogP contribution < -0.4 is 16.6 Å². The lowest BCUT2D eigenvalue weighted by atomic mass is 10.1. The molecular weight excluding hydrogens is 278 g/mol. The van der Waals surface area contributed by atoms with Crippen LogP contribution in [-0.4, -0.2) is 22.2 Å². The number of oxazole rings is 1. The Bertz CT molecular complexity index is 787. The van der Waals surface area contributed by atoms with Gasteiger partial charge in [0.25, 0.3) is 5.91 Å². The second kappa shape index (κ2) is 5.61. The van der Waals surface area contributed by atoms with E-state index in [9.17, 15) is 19.2 Å². The van der Waals surface area contributed by atoms with Crippen LogP contribution in [0.25, 0.3) is 11.1 Å². The number of ketones is 1. The van der Waals surface area contributed by atoms with Gasteiger partial charge >= 0.3 is 5.76 Å². The minimum atomic E-state index is -0.719. The molecule has 0 fully saturated rings. The van der Waals surface area contributed by atoms with E-state index >= 15 is 0 Å². The largest absolute Gasteiger partial charge is 0.420 e. The maximum absolute atomic E-state index is 11.7. The summed E-state index contributed by atoms with van der Waals surface area (Å²) in [4.78, 5) is 45.3. The second-order valence-corrected chi connectivity index (χ2v) is 4.42. The van der Waals surface area contributed by atoms with E-state index in [4.69, 9.17) is 4.42 Å². The molecule has 1 heterocycles. The third kappa shape index (κ3) is 3.16. The summed E-state index contributed by atoms with van der Waals surface area (Å²) in [6.45, 7) is 2.33. The molecule has 0 aliphatic heterocycles. The van der Waals surface area contributed by atoms with Gasteiger partial charge in [0.2, 0.25) is 5.91 Å². The number of carbonyl (C=O) groups is 3. The van der Waals surface area contributed by atoms with Crippen LogP contribution in [0.2, 0.25) is 0 Å². The second-order valence-electron chi connectivity index (χ2n) is 4.42. The molecule has 21 heavy (non-hydrogen) atoms. The zero-order valence-electron chi connectivity index (χ0n) is 11.4. The van der Waals surface area contributed by atoms with Crippen LogP contribution in [0.1, 0.15) is 24.2 Å². The Morgan fingerprint density at radius 2 is 1.90 bits per heavy atom. The van der Waals surface area contributed by atoms with Crippen molar-refractivity contribution in [2.45, 2.75) is 20.4 Å². The van der Waals surface area contributed by atoms with Crippen LogP contribution in [0, 0.1) is 0 Å². The van der Waals surface area contributed by atoms with Crippen molar-refractivity contribution in [3.05, 3.63) is 34.3 Å². The van der Waals surface area contributed by atoms with Gasteiger partial charge in [-0.05, 0) is 25.1 Å². The SMILES string of the molecule is CC(=O)NNC(=O)Cn1c(=O)oc2cc(C(C)=O)ccc21. The minimum Gasteiger partial charge on any atom is -0.408 e. The molecule has 0 aliphatic rings. The van der Waals surface area contributed by atoms with Crippen molar-refractivity contribution in [2.75, 3.05) is 0 Å². The van der Waals surface area contributed by atoms with Crippen LogP contribution in [-0.2, 0) is 16.1 Å². The zero-order valence-corrected chi connectivity index (χ0v) is 11.4. The van der Waals surface area contributed by atoms with Crippen molar-refractivity contribution in [1.82, 2.24) is 15.4 Å². The molecule has 0 bridgehead atoms. The monoisotopic (exact) mass is 291 g/mol. The Morgan fingerprint density at radius 1 is 1.19 bits per heavy atom. The van der Waals surface area contributed by atoms with Gasteiger partial charge in [-0.15, -0.1) is 0 Å². The lowest BCUT2D eigenvalue weighted by Gasteiger charge is -2.05. The van der Waals surface area contributed by atoms with Gasteiger partial charge in [0, 0.05) is 12.5 Å². The van der Waals surface area contributed by atoms with E-state index in [1.165, 1.54) is 26.0 Å². The predicted molar refractivity (Wildman–Crippen MR) is 72.4 cm³/mol. The molecule has 1 aromatic carbocycles. The first-order valence-electron chi connectivity index (χ1n) is 6.08. The maximum Gasteiger partial charge on any atom is 0.420 e. The number of hydrazine groups is 1. The molecule has 0 spiro atoms. The molecule has 8 heteroatoms. The molecule has 2 aromatic rings. The van der Waals surface area contributed by atoms with Crippen molar-refractivity contribution in [3.63, 3.8) is 0 Å². The van der Waals surface area contributed by atoms with Crippen molar-refractivity contribution in [1.29, 1.82) is 0 Å². The maximum atomic E-state index is 11.7. The summed E-state index contributed by atoms with van der Waals surface area (Å²) >= 11 is 0. The quantitative estimate of drug-likeness (QED) is 0.609. The van der Waals surface area contributed by atoms with Crippen molar-refractivity contribution in [2.24, 2.45) is 0 Å². The fourth-order valence-electron chi connectivity index (χ4n) is 1.78. The molecular formula is C13H13N3O5. The summed E-state index contributed by atoms with van der Waals surface area (Å²) in [6.07, 6.45) is 0. The third-order valence-electron chi connectivity index (χ3n) is 2.75. The first kappa shape index (κ1) is 14.5. The molecule has 0 radical (unpaired) electrons. The first-order valence-corrected chi connectivity index (χ1v) is 6.08. The van der Waals surface area contributed by atoms with E-state index in [2.05, 4.69) is 10.9 Å². The van der Waals surface area contributed by atoms with Crippen LogP contribution in [0.4, 0.5) is 0 Å². The fraction of sp³-hybridized carbons (Fsp3) is 0.231. The standard InChI is InChI=1S/C13H13N3O5/c1-7(17)9-3-4-10-11(5-9)21-13(20)16(10)6-12(19)15-14-8(2)18/h3-5H,6H2,1-2H3,(H,14,18)(H,15,19). The highest BCUT2D eigenvalue weighted by Gasteiger charge is 2.14. The van der Waals surface area contributed by atoms with E-state index in [0.29, 0.717) is 11.1 Å². The minimum absolute atomic E-state index is 0.157. The Labute approximate surface area is 118 Å². The van der Waals surface area contributed by atoms with Crippen LogP contribution in [0.5, 0.6) is 0 Å². The fourth-order valence-corrected chi connectivity index (χ4v) is 1.78. The average molecular weight is 291 g/mol. The molecule has 0 atom stereocenters. The molecule has 0 unspecified atom stereocenters. The average Bonchev–Trinajstić information content (AvgIpc) is 2.72. The van der Waals surface area contributed by atoms with Crippen LogP contribution in [0.15, 0.2) is 27.4 Å². The van der Waals surface area contributed by atoms with E-state index < -0.39 is 17.6 Å². The van der Waals surface area contributed by atoms with E-state index in [-0.39, 0.29) is 17.9 Å². The highest BCUT2D eigenvalue weighted by atomic mass is 16.4. The van der Waals surface area contributed by atoms with Gasteiger partial charge in [0.1, 0.15) is 6.54 Å². The number of carbonyl (C=O) groups excluding carboxylic acids is 3. The molecule has 0 saturated heterocycles. The number of nitrogens with zero attached hydrogens (tertiary/aromatic N) is 1. The summed E-state index contributed by atoms with van der Waals surface area (Å²) in [5.74, 6) is -1.89. The van der Waals surface area contributed by atoms with E-state index in [1.54, 1.807) is 6.07 Å². The highest BCUT2D eigenvalue weighted by molar-refractivity contribution is 5.97. The van der Waals surface area contributed by atoms with Gasteiger partial charge in [0.05, 0.1) is 5.52 Å². The Hall–Kier alpha value is -2.90. The smallest absolute Gasteiger partial charge is 0.408 e. The van der Waals surface area contributed by atoms with Gasteiger partial charge in [-0.3, -0.25) is 29.8 Å². The first-order chi connectivity index (χ1) is 9.88. The van der Waals surface area contributed by atoms with Gasteiger partial charge < -0.3 is 4.42 Å². The summed E-state index contributed by atoms with van der Waals surface area (Å²) in [5.41, 5.74) is 5.29. The number of amides is 2. The van der Waals surface area contributed by atoms with Crippen molar-refractivity contribution < 1.29 is 18.8 Å². The van der Waals surface area contributed by atoms with Gasteiger partial charge in [0.15, 0.2) is 11.4 Å². The van der Waals surface area contributed by atoms with E-state index in [0.717, 1.165) is 4.57 Å². The van der Waals surface area contributed by atoms with Crippen molar-refractivity contribution >= 4 is 28.7 Å². The normalized spacial score (nSPS) is 10.4. The lowest BCUT2D eigenvalue weighted by molar-refractivity contribution is -0.128. The molecule has 2 rings (SSSR count). The predicted octanol–water partition coefficient (Wildman–Crippen LogP) is -0.0356. The molecule has 0 aliphatic carbocycles. The molecule has 110 valence electrons. The Balaban J connectivity index is 2.30. The summed E-state index contributed by atoms with van der Waals surface area (Å²) in [7, 11) is 0. The summed E-state index contributed by atoms with van der Waals surface area (Å²) in [5, 5.41) is 0. The van der Waals surface area contributed by atoms with Gasteiger partial charge in [-0.1, -0.05) is 0 Å².